The predicted molar refractivity (Wildman–Crippen MR) is 128 cm³/mol. The van der Waals surface area contributed by atoms with Crippen molar-refractivity contribution in [1.29, 1.82) is 0 Å². The van der Waals surface area contributed by atoms with Crippen molar-refractivity contribution in [3.8, 4) is 0 Å². The number of rotatable bonds is 20. The fourth-order valence-electron chi connectivity index (χ4n) is 4.17. The fraction of sp³-hybridized carbons (Fsp3) is 1.00. The van der Waals surface area contributed by atoms with Crippen molar-refractivity contribution in [1.82, 2.24) is 0 Å². The molecule has 0 aromatic rings. The zero-order valence-corrected chi connectivity index (χ0v) is 21.4. The smallest absolute Gasteiger partial charge is 0.759 e. The van der Waals surface area contributed by atoms with Crippen LogP contribution >= 0.6 is 0 Å². The molecule has 184 valence electrons. The minimum atomic E-state index is -5.17. The summed E-state index contributed by atoms with van der Waals surface area (Å²) in [4.78, 5) is 0. The number of hydrogen-bond donors (Lipinski definition) is 0. The van der Waals surface area contributed by atoms with Crippen molar-refractivity contribution >= 4 is 10.4 Å². The van der Waals surface area contributed by atoms with E-state index in [0.29, 0.717) is 0 Å². The highest BCUT2D eigenvalue weighted by atomic mass is 32.3. The number of unbranched alkanes of at least 4 members (excludes halogenated alkanes) is 12. The van der Waals surface area contributed by atoms with E-state index in [1.165, 1.54) is 133 Å². The minimum Gasteiger partial charge on any atom is -0.759 e. The summed E-state index contributed by atoms with van der Waals surface area (Å²) >= 11 is 0. The van der Waals surface area contributed by atoms with Gasteiger partial charge in [0.05, 0.1) is 26.2 Å². The molecule has 0 saturated carbocycles. The lowest BCUT2D eigenvalue weighted by atomic mass is 10.1. The van der Waals surface area contributed by atoms with E-state index in [9.17, 15) is 0 Å². The van der Waals surface area contributed by atoms with Crippen LogP contribution in [0.2, 0.25) is 0 Å². The number of hydrogen-bond acceptors (Lipinski definition) is 4. The fourth-order valence-corrected chi connectivity index (χ4v) is 4.17. The molecule has 0 aliphatic rings. The summed E-state index contributed by atoms with van der Waals surface area (Å²) in [6.07, 6.45) is 22.8. The summed E-state index contributed by atoms with van der Waals surface area (Å²) in [5, 5.41) is 0. The van der Waals surface area contributed by atoms with Gasteiger partial charge in [0.1, 0.15) is 0 Å². The largest absolute Gasteiger partial charge is 1.00 e. The second kappa shape index (κ2) is 22.0. The molecule has 5 nitrogen and oxygen atoms in total. The van der Waals surface area contributed by atoms with Crippen LogP contribution in [0.15, 0.2) is 0 Å². The molecule has 0 bridgehead atoms. The number of nitrogens with zero attached hydrogens (tertiary/aromatic N) is 1. The molecule has 0 N–H and O–H groups in total. The Kier molecular flexibility index (Phi) is 23.5. The third-order valence-corrected chi connectivity index (χ3v) is 5.94. The molecule has 0 atom stereocenters. The lowest BCUT2D eigenvalue weighted by Gasteiger charge is -2.39. The van der Waals surface area contributed by atoms with Crippen LogP contribution in [0.25, 0.3) is 0 Å². The van der Waals surface area contributed by atoms with Gasteiger partial charge in [-0.2, -0.15) is 0 Å². The summed E-state index contributed by atoms with van der Waals surface area (Å²) in [6, 6.07) is 0. The van der Waals surface area contributed by atoms with E-state index in [1.807, 2.05) is 0 Å². The predicted octanol–water partition coefficient (Wildman–Crippen LogP) is 6.90. The first-order valence-electron chi connectivity index (χ1n) is 12.8. The molecule has 30 heavy (non-hydrogen) atoms. The Morgan fingerprint density at radius 3 is 0.867 bits per heavy atom. The molecular formula is C24H53NO4S. The Balaban J connectivity index is -0.00000116. The molecule has 0 aliphatic heterocycles. The van der Waals surface area contributed by atoms with E-state index in [0.717, 1.165) is 0 Å². The molecule has 0 radical (unpaired) electrons. The first-order valence-corrected chi connectivity index (χ1v) is 14.1. The van der Waals surface area contributed by atoms with Crippen molar-refractivity contribution in [2.24, 2.45) is 0 Å². The maximum Gasteiger partial charge on any atom is 1.00 e. The standard InChI is InChI=1S/C24H52N.H2O4S/c1-5-9-13-17-21-25(22-18-14-10-6-2,23-19-15-11-7-3)24-20-16-12-8-4;1-5(2,3)4/h5-24H2,1-4H3;(H2,1,2,3,4)/q+1;/p-1. The molecular weight excluding hydrogens is 398 g/mol. The van der Waals surface area contributed by atoms with Crippen molar-refractivity contribution in [2.45, 2.75) is 130 Å². The summed E-state index contributed by atoms with van der Waals surface area (Å²) < 4.78 is 35.5. The lowest BCUT2D eigenvalue weighted by molar-refractivity contribution is -0.929. The Bertz CT molecular complexity index is 385. The highest BCUT2D eigenvalue weighted by molar-refractivity contribution is 7.79. The van der Waals surface area contributed by atoms with Crippen LogP contribution < -0.4 is 0 Å². The molecule has 0 heterocycles. The average molecular weight is 452 g/mol. The van der Waals surface area contributed by atoms with Gasteiger partial charge in [0, 0.05) is 10.4 Å². The monoisotopic (exact) mass is 451 g/mol. The Morgan fingerprint density at radius 2 is 0.700 bits per heavy atom. The van der Waals surface area contributed by atoms with Crippen LogP contribution in [0.4, 0.5) is 0 Å². The highest BCUT2D eigenvalue weighted by Gasteiger charge is 2.25. The van der Waals surface area contributed by atoms with E-state index < -0.39 is 10.4 Å². The van der Waals surface area contributed by atoms with Crippen LogP contribution in [-0.4, -0.2) is 48.2 Å². The average Bonchev–Trinajstić information content (AvgIpc) is 2.68. The summed E-state index contributed by atoms with van der Waals surface area (Å²) in [5.74, 6) is 0. The molecule has 6 heteroatoms. The van der Waals surface area contributed by atoms with Crippen LogP contribution in [-0.2, 0) is 10.4 Å². The number of quaternary nitrogens is 1. The summed E-state index contributed by atoms with van der Waals surface area (Å²) in [5.41, 5.74) is 0. The van der Waals surface area contributed by atoms with E-state index in [2.05, 4.69) is 27.7 Å². The molecule has 0 amide bonds. The zero-order valence-electron chi connectivity index (χ0n) is 21.6. The zero-order chi connectivity index (χ0) is 23.1. The van der Waals surface area contributed by atoms with Crippen molar-refractivity contribution in [3.63, 3.8) is 0 Å². The van der Waals surface area contributed by atoms with E-state index in [1.54, 1.807) is 0 Å². The SMILES string of the molecule is CCCCCC[N+](CCCCCC)(CCCCCC)CCCCCC.O=S(=O)([O-])[O-].[H+]. The summed E-state index contributed by atoms with van der Waals surface area (Å²) in [6.45, 7) is 15.2. The van der Waals surface area contributed by atoms with E-state index in [-0.39, 0.29) is 1.43 Å². The van der Waals surface area contributed by atoms with Gasteiger partial charge in [0.25, 0.3) is 0 Å². The Hall–Kier alpha value is -0.170. The normalized spacial score (nSPS) is 11.9. The highest BCUT2D eigenvalue weighted by Crippen LogP contribution is 2.19. The van der Waals surface area contributed by atoms with Gasteiger partial charge in [0.15, 0.2) is 0 Å². The van der Waals surface area contributed by atoms with Gasteiger partial charge >= 0.3 is 1.43 Å². The Labute approximate surface area is 190 Å². The molecule has 0 aliphatic carbocycles. The van der Waals surface area contributed by atoms with Gasteiger partial charge in [-0.15, -0.1) is 0 Å². The first-order chi connectivity index (χ1) is 14.2. The quantitative estimate of drug-likeness (QED) is 0.0872. The third-order valence-electron chi connectivity index (χ3n) is 5.94. The topological polar surface area (TPSA) is 80.3 Å². The molecule has 0 saturated heterocycles. The van der Waals surface area contributed by atoms with Gasteiger partial charge in [-0.05, 0) is 51.4 Å². The maximum atomic E-state index is 8.52. The molecule has 0 rings (SSSR count). The molecule has 0 spiro atoms. The molecule has 0 unspecified atom stereocenters. The maximum absolute atomic E-state index is 8.52. The van der Waals surface area contributed by atoms with Gasteiger partial charge < -0.3 is 13.6 Å². The Morgan fingerprint density at radius 1 is 0.500 bits per heavy atom. The van der Waals surface area contributed by atoms with Gasteiger partial charge in [-0.3, -0.25) is 8.42 Å². The van der Waals surface area contributed by atoms with Crippen LogP contribution in [0.1, 0.15) is 132 Å². The van der Waals surface area contributed by atoms with Crippen molar-refractivity contribution in [3.05, 3.63) is 0 Å². The van der Waals surface area contributed by atoms with Gasteiger partial charge in [0.2, 0.25) is 0 Å². The second-order valence-corrected chi connectivity index (χ2v) is 9.70. The molecule has 0 fully saturated rings. The minimum absolute atomic E-state index is 0. The van der Waals surface area contributed by atoms with E-state index in [4.69, 9.17) is 17.5 Å². The van der Waals surface area contributed by atoms with Crippen molar-refractivity contribution in [2.75, 3.05) is 26.2 Å². The second-order valence-electron chi connectivity index (χ2n) is 8.89. The lowest BCUT2D eigenvalue weighted by Crippen LogP contribution is -2.50. The van der Waals surface area contributed by atoms with Gasteiger partial charge in [-0.1, -0.05) is 79.1 Å². The first kappa shape index (κ1) is 32.0. The van der Waals surface area contributed by atoms with Crippen LogP contribution in [0.3, 0.4) is 0 Å². The summed E-state index contributed by atoms with van der Waals surface area (Å²) in [7, 11) is -5.17. The van der Waals surface area contributed by atoms with E-state index >= 15 is 0 Å². The van der Waals surface area contributed by atoms with Crippen LogP contribution in [0, 0.1) is 0 Å². The third kappa shape index (κ3) is 25.9. The molecule has 0 aromatic heterocycles. The van der Waals surface area contributed by atoms with Gasteiger partial charge in [-0.25, -0.2) is 0 Å². The van der Waals surface area contributed by atoms with Crippen LogP contribution in [0.5, 0.6) is 0 Å². The van der Waals surface area contributed by atoms with Crippen molar-refractivity contribution < 1.29 is 23.4 Å². The molecule has 0 aromatic carbocycles.